The molecule has 0 bridgehead atoms. The van der Waals surface area contributed by atoms with Crippen molar-refractivity contribution < 1.29 is 31.5 Å². The van der Waals surface area contributed by atoms with E-state index in [1.807, 2.05) is 0 Å². The minimum Gasteiger partial charge on any atom is -0.433 e. The van der Waals surface area contributed by atoms with E-state index in [9.17, 15) is 26.7 Å². The Morgan fingerprint density at radius 2 is 1.74 bits per heavy atom. The van der Waals surface area contributed by atoms with Crippen molar-refractivity contribution in [2.45, 2.75) is 12.8 Å². The molecule has 2 aromatic carbocycles. The molecule has 2 rings (SSSR count). The number of carbonyl (C=O) groups excluding carboxylic acids is 1. The molecule has 1 N–H and O–H groups in total. The van der Waals surface area contributed by atoms with Crippen LogP contribution >= 0.6 is 0 Å². The number of halogens is 5. The first kappa shape index (κ1) is 16.7. The molecule has 3 nitrogen and oxygen atoms in total. The SMILES string of the molecule is O=C(Nc1ccccc1OC(F)F)c1cccc(C(F)(F)F)c1. The van der Waals surface area contributed by atoms with Gasteiger partial charge in [-0.15, -0.1) is 0 Å². The van der Waals surface area contributed by atoms with E-state index >= 15 is 0 Å². The van der Waals surface area contributed by atoms with Gasteiger partial charge >= 0.3 is 12.8 Å². The van der Waals surface area contributed by atoms with Gasteiger partial charge in [0, 0.05) is 5.56 Å². The predicted molar refractivity (Wildman–Crippen MR) is 72.5 cm³/mol. The summed E-state index contributed by atoms with van der Waals surface area (Å²) in [6.45, 7) is -3.10. The van der Waals surface area contributed by atoms with Crippen molar-refractivity contribution in [1.29, 1.82) is 0 Å². The second-order valence-electron chi connectivity index (χ2n) is 4.41. The highest BCUT2D eigenvalue weighted by atomic mass is 19.4. The second kappa shape index (κ2) is 6.64. The summed E-state index contributed by atoms with van der Waals surface area (Å²) in [5.74, 6) is -1.16. The fraction of sp³-hybridized carbons (Fsp3) is 0.133. The Hall–Kier alpha value is -2.64. The number of hydrogen-bond donors (Lipinski definition) is 1. The molecular weight excluding hydrogens is 321 g/mol. The molecular formula is C15H10F5NO2. The van der Waals surface area contributed by atoms with Gasteiger partial charge in [-0.2, -0.15) is 22.0 Å². The van der Waals surface area contributed by atoms with Crippen LogP contribution in [0.25, 0.3) is 0 Å². The van der Waals surface area contributed by atoms with Crippen LogP contribution in [0.1, 0.15) is 15.9 Å². The highest BCUT2D eigenvalue weighted by molar-refractivity contribution is 6.05. The Kier molecular flexibility index (Phi) is 4.83. The highest BCUT2D eigenvalue weighted by Crippen LogP contribution is 2.30. The van der Waals surface area contributed by atoms with E-state index in [0.717, 1.165) is 12.1 Å². The topological polar surface area (TPSA) is 38.3 Å². The van der Waals surface area contributed by atoms with Crippen molar-refractivity contribution in [3.8, 4) is 5.75 Å². The van der Waals surface area contributed by atoms with Crippen molar-refractivity contribution in [3.05, 3.63) is 59.7 Å². The lowest BCUT2D eigenvalue weighted by molar-refractivity contribution is -0.137. The Balaban J connectivity index is 2.23. The van der Waals surface area contributed by atoms with Gasteiger partial charge in [-0.1, -0.05) is 18.2 Å². The lowest BCUT2D eigenvalue weighted by atomic mass is 10.1. The smallest absolute Gasteiger partial charge is 0.416 e. The zero-order chi connectivity index (χ0) is 17.0. The fourth-order valence-corrected chi connectivity index (χ4v) is 1.80. The molecule has 0 fully saturated rings. The first-order chi connectivity index (χ1) is 10.8. The molecule has 0 heterocycles. The van der Waals surface area contributed by atoms with Gasteiger partial charge in [0.05, 0.1) is 11.3 Å². The first-order valence-electron chi connectivity index (χ1n) is 6.30. The maximum atomic E-state index is 12.6. The van der Waals surface area contributed by atoms with Crippen LogP contribution in [0.15, 0.2) is 48.5 Å². The van der Waals surface area contributed by atoms with Crippen molar-refractivity contribution >= 4 is 11.6 Å². The van der Waals surface area contributed by atoms with Crippen LogP contribution in [-0.4, -0.2) is 12.5 Å². The number of amides is 1. The Bertz CT molecular complexity index is 700. The molecule has 0 saturated heterocycles. The van der Waals surface area contributed by atoms with Crippen molar-refractivity contribution in [1.82, 2.24) is 0 Å². The summed E-state index contributed by atoms with van der Waals surface area (Å²) in [6.07, 6.45) is -4.59. The molecule has 8 heteroatoms. The lowest BCUT2D eigenvalue weighted by Gasteiger charge is -2.12. The summed E-state index contributed by atoms with van der Waals surface area (Å²) >= 11 is 0. The standard InChI is InChI=1S/C15H10F5NO2/c16-14(17)23-12-7-2-1-6-11(12)21-13(22)9-4-3-5-10(8-9)15(18,19)20/h1-8,14H,(H,21,22). The molecule has 0 spiro atoms. The number of nitrogens with one attached hydrogen (secondary N) is 1. The zero-order valence-corrected chi connectivity index (χ0v) is 11.4. The van der Waals surface area contributed by atoms with Gasteiger partial charge in [0.25, 0.3) is 5.91 Å². The number of rotatable bonds is 4. The lowest BCUT2D eigenvalue weighted by Crippen LogP contribution is -2.15. The summed E-state index contributed by atoms with van der Waals surface area (Å²) in [5.41, 5.74) is -1.32. The molecule has 2 aromatic rings. The van der Waals surface area contributed by atoms with Crippen LogP contribution in [0.4, 0.5) is 27.6 Å². The summed E-state index contributed by atoms with van der Waals surface area (Å²) in [6, 6.07) is 9.13. The molecule has 0 saturated carbocycles. The number of carbonyl (C=O) groups is 1. The number of anilines is 1. The number of ether oxygens (including phenoxy) is 1. The van der Waals surface area contributed by atoms with E-state index in [1.165, 1.54) is 30.3 Å². The van der Waals surface area contributed by atoms with E-state index in [1.54, 1.807) is 0 Å². The third-order valence-electron chi connectivity index (χ3n) is 2.80. The van der Waals surface area contributed by atoms with Crippen LogP contribution in [0, 0.1) is 0 Å². The van der Waals surface area contributed by atoms with Crippen LogP contribution in [0.2, 0.25) is 0 Å². The van der Waals surface area contributed by atoms with Gasteiger partial charge in [0.15, 0.2) is 0 Å². The third kappa shape index (κ3) is 4.41. The Morgan fingerprint density at radius 3 is 2.39 bits per heavy atom. The molecule has 0 aliphatic heterocycles. The van der Waals surface area contributed by atoms with Crippen molar-refractivity contribution in [3.63, 3.8) is 0 Å². The summed E-state index contributed by atoms with van der Waals surface area (Å²) in [5, 5.41) is 2.25. The van der Waals surface area contributed by atoms with E-state index in [-0.39, 0.29) is 17.0 Å². The molecule has 0 atom stereocenters. The molecule has 23 heavy (non-hydrogen) atoms. The third-order valence-corrected chi connectivity index (χ3v) is 2.80. The largest absolute Gasteiger partial charge is 0.433 e. The minimum atomic E-state index is -4.59. The normalized spacial score (nSPS) is 11.4. The molecule has 0 aliphatic rings. The van der Waals surface area contributed by atoms with Crippen molar-refractivity contribution in [2.75, 3.05) is 5.32 Å². The van der Waals surface area contributed by atoms with E-state index in [2.05, 4.69) is 10.1 Å². The monoisotopic (exact) mass is 331 g/mol. The van der Waals surface area contributed by atoms with Gasteiger partial charge in [-0.05, 0) is 30.3 Å². The van der Waals surface area contributed by atoms with E-state index in [4.69, 9.17) is 0 Å². The van der Waals surface area contributed by atoms with Gasteiger partial charge in [0.2, 0.25) is 0 Å². The Morgan fingerprint density at radius 1 is 1.04 bits per heavy atom. The fourth-order valence-electron chi connectivity index (χ4n) is 1.80. The quantitative estimate of drug-likeness (QED) is 0.834. The highest BCUT2D eigenvalue weighted by Gasteiger charge is 2.30. The summed E-state index contributed by atoms with van der Waals surface area (Å²) < 4.78 is 66.7. The first-order valence-corrected chi connectivity index (χ1v) is 6.30. The summed E-state index contributed by atoms with van der Waals surface area (Å²) in [7, 11) is 0. The predicted octanol–water partition coefficient (Wildman–Crippen LogP) is 4.56. The van der Waals surface area contributed by atoms with E-state index < -0.39 is 24.3 Å². The molecule has 0 radical (unpaired) electrons. The Labute approximate surface area is 127 Å². The van der Waals surface area contributed by atoms with Crippen LogP contribution in [-0.2, 0) is 6.18 Å². The zero-order valence-electron chi connectivity index (χ0n) is 11.4. The van der Waals surface area contributed by atoms with Gasteiger partial charge in [-0.25, -0.2) is 0 Å². The molecule has 122 valence electrons. The van der Waals surface area contributed by atoms with Gasteiger partial charge in [0.1, 0.15) is 5.75 Å². The van der Waals surface area contributed by atoms with Crippen molar-refractivity contribution in [2.24, 2.45) is 0 Å². The molecule has 1 amide bonds. The van der Waals surface area contributed by atoms with Crippen LogP contribution < -0.4 is 10.1 Å². The summed E-state index contributed by atoms with van der Waals surface area (Å²) in [4.78, 5) is 12.0. The molecule has 0 aliphatic carbocycles. The average molecular weight is 331 g/mol. The molecule has 0 aromatic heterocycles. The second-order valence-corrected chi connectivity index (χ2v) is 4.41. The number of hydrogen-bond acceptors (Lipinski definition) is 2. The van der Waals surface area contributed by atoms with Crippen LogP contribution in [0.5, 0.6) is 5.75 Å². The number of benzene rings is 2. The van der Waals surface area contributed by atoms with Gasteiger partial charge in [-0.3, -0.25) is 4.79 Å². The number of alkyl halides is 5. The maximum absolute atomic E-state index is 12.6. The minimum absolute atomic E-state index is 0.0739. The average Bonchev–Trinajstić information content (AvgIpc) is 2.48. The molecule has 0 unspecified atom stereocenters. The maximum Gasteiger partial charge on any atom is 0.416 e. The van der Waals surface area contributed by atoms with Gasteiger partial charge < -0.3 is 10.1 Å². The van der Waals surface area contributed by atoms with Crippen LogP contribution in [0.3, 0.4) is 0 Å². The van der Waals surface area contributed by atoms with E-state index in [0.29, 0.717) is 6.07 Å². The number of para-hydroxylation sites is 2.